The first kappa shape index (κ1) is 18.4. The van der Waals surface area contributed by atoms with Crippen LogP contribution in [0.5, 0.6) is 0 Å². The van der Waals surface area contributed by atoms with E-state index in [1.165, 1.54) is 17.3 Å². The van der Waals surface area contributed by atoms with Gasteiger partial charge in [-0.15, -0.1) is 5.10 Å². The number of nitrogens with zero attached hydrogens (tertiary/aromatic N) is 5. The number of hydrogen-bond acceptors (Lipinski definition) is 5. The molecule has 0 radical (unpaired) electrons. The lowest BCUT2D eigenvalue weighted by Gasteiger charge is -2.12. The van der Waals surface area contributed by atoms with Gasteiger partial charge in [-0.3, -0.25) is 4.79 Å². The van der Waals surface area contributed by atoms with Gasteiger partial charge in [-0.2, -0.15) is 0 Å². The monoisotopic (exact) mass is 369 g/mol. The van der Waals surface area contributed by atoms with Crippen molar-refractivity contribution in [1.29, 1.82) is 0 Å². The Morgan fingerprint density at radius 2 is 1.88 bits per heavy atom. The highest BCUT2D eigenvalue weighted by molar-refractivity contribution is 7.99. The number of ketones is 1. The number of aromatic nitrogens is 5. The lowest BCUT2D eigenvalue weighted by Crippen LogP contribution is -2.06. The Balaban J connectivity index is 1.83. The van der Waals surface area contributed by atoms with Crippen molar-refractivity contribution < 1.29 is 4.79 Å². The normalized spacial score (nSPS) is 11.3. The van der Waals surface area contributed by atoms with Crippen molar-refractivity contribution in [2.45, 2.75) is 38.8 Å². The second kappa shape index (κ2) is 7.45. The van der Waals surface area contributed by atoms with Crippen LogP contribution in [0.1, 0.15) is 47.1 Å². The second-order valence-corrected chi connectivity index (χ2v) is 7.61. The van der Waals surface area contributed by atoms with E-state index in [-0.39, 0.29) is 5.78 Å². The summed E-state index contributed by atoms with van der Waals surface area (Å²) in [7, 11) is 1.76. The molecule has 3 rings (SSSR count). The van der Waals surface area contributed by atoms with Gasteiger partial charge in [0.1, 0.15) is 0 Å². The van der Waals surface area contributed by atoms with Gasteiger partial charge in [0.25, 0.3) is 0 Å². The van der Waals surface area contributed by atoms with Gasteiger partial charge in [-0.05, 0) is 54.0 Å². The van der Waals surface area contributed by atoms with E-state index < -0.39 is 0 Å². The minimum atomic E-state index is 0.0798. The van der Waals surface area contributed by atoms with E-state index in [1.54, 1.807) is 11.7 Å². The number of aryl methyl sites for hydroxylation is 2. The van der Waals surface area contributed by atoms with Crippen molar-refractivity contribution in [3.8, 4) is 5.69 Å². The van der Waals surface area contributed by atoms with Gasteiger partial charge in [0.15, 0.2) is 5.78 Å². The Hall–Kier alpha value is -2.41. The maximum Gasteiger partial charge on any atom is 0.209 e. The number of carbonyl (C=O) groups excluding carboxylic acids is 1. The summed E-state index contributed by atoms with van der Waals surface area (Å²) < 4.78 is 3.70. The molecule has 7 heteroatoms. The molecular formula is C19H23N5OS. The van der Waals surface area contributed by atoms with Crippen LogP contribution in [0.15, 0.2) is 35.5 Å². The molecule has 0 aliphatic rings. The molecule has 6 nitrogen and oxygen atoms in total. The lowest BCUT2D eigenvalue weighted by atomic mass is 10.0. The van der Waals surface area contributed by atoms with Gasteiger partial charge >= 0.3 is 0 Å². The van der Waals surface area contributed by atoms with Crippen LogP contribution in [0.25, 0.3) is 5.69 Å². The molecule has 0 spiro atoms. The van der Waals surface area contributed by atoms with E-state index >= 15 is 0 Å². The second-order valence-electron chi connectivity index (χ2n) is 6.66. The molecule has 0 fully saturated rings. The molecule has 0 atom stereocenters. The number of carbonyl (C=O) groups is 1. The molecule has 0 saturated heterocycles. The average molecular weight is 369 g/mol. The maximum atomic E-state index is 12.7. The van der Waals surface area contributed by atoms with Crippen LogP contribution in [0.3, 0.4) is 0 Å². The zero-order chi connectivity index (χ0) is 18.8. The standard InChI is InChI=1S/C19H23N5OS/c1-12(2)15-6-8-16(9-7-15)24-13(3)10-17(14(24)4)18(25)11-26-19-20-21-22-23(19)5/h6-10,12H,11H2,1-5H3. The summed E-state index contributed by atoms with van der Waals surface area (Å²) in [5.74, 6) is 0.890. The van der Waals surface area contributed by atoms with Gasteiger partial charge in [0.05, 0.1) is 5.75 Å². The number of Topliss-reactive ketones (excluding diaryl/α,β-unsaturated/α-hetero) is 1. The molecule has 0 saturated carbocycles. The Morgan fingerprint density at radius 1 is 1.19 bits per heavy atom. The third-order valence-corrected chi connectivity index (χ3v) is 5.47. The fourth-order valence-electron chi connectivity index (χ4n) is 3.00. The molecule has 0 aliphatic carbocycles. The number of rotatable bonds is 6. The Bertz CT molecular complexity index is 924. The molecule has 0 N–H and O–H groups in total. The summed E-state index contributed by atoms with van der Waals surface area (Å²) in [6.45, 7) is 8.38. The summed E-state index contributed by atoms with van der Waals surface area (Å²) in [5.41, 5.74) is 5.14. The number of benzene rings is 1. The van der Waals surface area contributed by atoms with Crippen molar-refractivity contribution >= 4 is 17.5 Å². The molecule has 2 heterocycles. The molecule has 0 aliphatic heterocycles. The van der Waals surface area contributed by atoms with Crippen LogP contribution >= 0.6 is 11.8 Å². The molecule has 0 unspecified atom stereocenters. The summed E-state index contributed by atoms with van der Waals surface area (Å²) >= 11 is 1.35. The van der Waals surface area contributed by atoms with Crippen molar-refractivity contribution in [1.82, 2.24) is 24.8 Å². The predicted octanol–water partition coefficient (Wildman–Crippen LogP) is 3.72. The minimum absolute atomic E-state index is 0.0798. The topological polar surface area (TPSA) is 65.6 Å². The maximum absolute atomic E-state index is 12.7. The number of hydrogen-bond donors (Lipinski definition) is 0. The van der Waals surface area contributed by atoms with Crippen LogP contribution in [-0.2, 0) is 7.05 Å². The molecule has 0 amide bonds. The number of thioether (sulfide) groups is 1. The number of tetrazole rings is 1. The zero-order valence-electron chi connectivity index (χ0n) is 15.7. The third kappa shape index (κ3) is 3.58. The lowest BCUT2D eigenvalue weighted by molar-refractivity contribution is 0.102. The molecule has 0 bridgehead atoms. The fourth-order valence-corrected chi connectivity index (χ4v) is 3.74. The van der Waals surface area contributed by atoms with Gasteiger partial charge in [-0.25, -0.2) is 4.68 Å². The molecule has 26 heavy (non-hydrogen) atoms. The van der Waals surface area contributed by atoms with E-state index in [0.29, 0.717) is 16.8 Å². The Kier molecular flexibility index (Phi) is 5.27. The van der Waals surface area contributed by atoms with E-state index in [2.05, 4.69) is 58.2 Å². The predicted molar refractivity (Wildman–Crippen MR) is 103 cm³/mol. The molecule has 1 aromatic carbocycles. The first-order valence-corrected chi connectivity index (χ1v) is 9.54. The van der Waals surface area contributed by atoms with Crippen LogP contribution in [-0.4, -0.2) is 36.3 Å². The summed E-state index contributed by atoms with van der Waals surface area (Å²) in [4.78, 5) is 12.7. The highest BCUT2D eigenvalue weighted by Gasteiger charge is 2.18. The highest BCUT2D eigenvalue weighted by atomic mass is 32.2. The van der Waals surface area contributed by atoms with Gasteiger partial charge in [-0.1, -0.05) is 37.7 Å². The van der Waals surface area contributed by atoms with E-state index in [0.717, 1.165) is 22.6 Å². The van der Waals surface area contributed by atoms with Crippen LogP contribution in [0.4, 0.5) is 0 Å². The van der Waals surface area contributed by atoms with Crippen molar-refractivity contribution in [3.05, 3.63) is 52.8 Å². The van der Waals surface area contributed by atoms with E-state index in [4.69, 9.17) is 0 Å². The molecular weight excluding hydrogens is 346 g/mol. The van der Waals surface area contributed by atoms with Gasteiger partial charge in [0.2, 0.25) is 5.16 Å². The van der Waals surface area contributed by atoms with Crippen LogP contribution < -0.4 is 0 Å². The quantitative estimate of drug-likeness (QED) is 0.489. The Morgan fingerprint density at radius 3 is 2.46 bits per heavy atom. The van der Waals surface area contributed by atoms with Gasteiger partial charge in [0, 0.05) is 29.7 Å². The zero-order valence-corrected chi connectivity index (χ0v) is 16.5. The SMILES string of the molecule is Cc1cc(C(=O)CSc2nnnn2C)c(C)n1-c1ccc(C(C)C)cc1. The van der Waals surface area contributed by atoms with Crippen LogP contribution in [0, 0.1) is 13.8 Å². The fraction of sp³-hybridized carbons (Fsp3) is 0.368. The Labute approximate surface area is 157 Å². The van der Waals surface area contributed by atoms with Crippen LogP contribution in [0.2, 0.25) is 0 Å². The first-order chi connectivity index (χ1) is 12.4. The first-order valence-electron chi connectivity index (χ1n) is 8.56. The minimum Gasteiger partial charge on any atom is -0.318 e. The summed E-state index contributed by atoms with van der Waals surface area (Å²) in [5, 5.41) is 11.9. The summed E-state index contributed by atoms with van der Waals surface area (Å²) in [6.07, 6.45) is 0. The molecule has 2 aromatic heterocycles. The van der Waals surface area contributed by atoms with Crippen molar-refractivity contribution in [2.75, 3.05) is 5.75 Å². The molecule has 136 valence electrons. The molecule has 3 aromatic rings. The third-order valence-electron chi connectivity index (χ3n) is 4.46. The van der Waals surface area contributed by atoms with Gasteiger partial charge < -0.3 is 4.57 Å². The van der Waals surface area contributed by atoms with E-state index in [1.807, 2.05) is 19.9 Å². The van der Waals surface area contributed by atoms with E-state index in [9.17, 15) is 4.79 Å². The highest BCUT2D eigenvalue weighted by Crippen LogP contribution is 2.24. The van der Waals surface area contributed by atoms with Crippen molar-refractivity contribution in [2.24, 2.45) is 7.05 Å². The van der Waals surface area contributed by atoms with Crippen molar-refractivity contribution in [3.63, 3.8) is 0 Å². The smallest absolute Gasteiger partial charge is 0.209 e. The summed E-state index contributed by atoms with van der Waals surface area (Å²) in [6, 6.07) is 10.5. The largest absolute Gasteiger partial charge is 0.318 e. The average Bonchev–Trinajstić information content (AvgIpc) is 3.15.